The van der Waals surface area contributed by atoms with Crippen LogP contribution in [0.15, 0.2) is 35.1 Å². The molecule has 116 valence electrons. The van der Waals surface area contributed by atoms with E-state index in [1.807, 2.05) is 31.2 Å². The Bertz CT molecular complexity index is 1030. The molecule has 0 unspecified atom stereocenters. The lowest BCUT2D eigenvalue weighted by atomic mass is 10.3. The highest BCUT2D eigenvalue weighted by Crippen LogP contribution is 2.23. The van der Waals surface area contributed by atoms with Gasteiger partial charge in [-0.25, -0.2) is 9.97 Å². The maximum Gasteiger partial charge on any atom is 0.275 e. The molecule has 23 heavy (non-hydrogen) atoms. The molecule has 4 rings (SSSR count). The van der Waals surface area contributed by atoms with Crippen molar-refractivity contribution in [2.75, 3.05) is 5.32 Å². The van der Waals surface area contributed by atoms with Crippen molar-refractivity contribution in [2.45, 2.75) is 19.9 Å². The van der Waals surface area contributed by atoms with E-state index in [4.69, 9.17) is 0 Å². The lowest BCUT2D eigenvalue weighted by molar-refractivity contribution is 0.799. The molecule has 0 amide bonds. The highest BCUT2D eigenvalue weighted by Gasteiger charge is 2.14. The van der Waals surface area contributed by atoms with Gasteiger partial charge in [0.2, 0.25) is 10.1 Å². The van der Waals surface area contributed by atoms with Gasteiger partial charge in [-0.05, 0) is 26.0 Å². The van der Waals surface area contributed by atoms with Gasteiger partial charge in [0.25, 0.3) is 5.56 Å². The van der Waals surface area contributed by atoms with E-state index < -0.39 is 0 Å². The summed E-state index contributed by atoms with van der Waals surface area (Å²) in [6.45, 7) is 3.79. The van der Waals surface area contributed by atoms with Gasteiger partial charge in [-0.1, -0.05) is 23.5 Å². The molecule has 3 aromatic heterocycles. The average molecular weight is 326 g/mol. The van der Waals surface area contributed by atoms with E-state index in [0.29, 0.717) is 15.8 Å². The van der Waals surface area contributed by atoms with Crippen molar-refractivity contribution in [1.82, 2.24) is 24.6 Å². The number of hydrogen-bond acceptors (Lipinski definition) is 6. The number of hydrogen-bond donors (Lipinski definition) is 2. The van der Waals surface area contributed by atoms with E-state index in [-0.39, 0.29) is 11.6 Å². The molecule has 0 saturated heterocycles. The van der Waals surface area contributed by atoms with Crippen molar-refractivity contribution in [3.63, 3.8) is 0 Å². The quantitative estimate of drug-likeness (QED) is 0.604. The smallest absolute Gasteiger partial charge is 0.275 e. The maximum atomic E-state index is 11.9. The lowest BCUT2D eigenvalue weighted by Crippen LogP contribution is -2.15. The van der Waals surface area contributed by atoms with E-state index in [1.54, 1.807) is 6.92 Å². The summed E-state index contributed by atoms with van der Waals surface area (Å²) in [7, 11) is 0. The molecular weight excluding hydrogens is 312 g/mol. The molecule has 2 N–H and O–H groups in total. The fourth-order valence-electron chi connectivity index (χ4n) is 2.41. The highest BCUT2D eigenvalue weighted by molar-refractivity contribution is 7.20. The van der Waals surface area contributed by atoms with Crippen LogP contribution in [-0.2, 0) is 0 Å². The number of aromatic amines is 1. The Morgan fingerprint density at radius 3 is 2.96 bits per heavy atom. The molecular formula is C15H14N6OS. The molecule has 0 aliphatic rings. The minimum absolute atomic E-state index is 0.0697. The molecule has 1 aromatic carbocycles. The summed E-state index contributed by atoms with van der Waals surface area (Å²) in [5.41, 5.74) is 2.44. The van der Waals surface area contributed by atoms with E-state index in [0.717, 1.165) is 16.9 Å². The predicted molar refractivity (Wildman–Crippen MR) is 90.0 cm³/mol. The number of benzene rings is 1. The molecule has 8 heteroatoms. The number of nitrogens with one attached hydrogen (secondary N) is 2. The van der Waals surface area contributed by atoms with Crippen LogP contribution in [0.1, 0.15) is 24.5 Å². The standard InChI is InChI=1S/C15H14N6OS/c1-8-7-12(22)21-15(16-8)23-14(20-21)17-9(2)13-18-10-5-3-4-6-11(10)19-13/h3-7,9H,1-2H3,(H,17,20)(H,18,19)/t9-/m1/s1. The summed E-state index contributed by atoms with van der Waals surface area (Å²) in [5.74, 6) is 0.821. The summed E-state index contributed by atoms with van der Waals surface area (Å²) in [4.78, 5) is 24.7. The van der Waals surface area contributed by atoms with E-state index in [2.05, 4.69) is 25.4 Å². The minimum atomic E-state index is -0.173. The highest BCUT2D eigenvalue weighted by atomic mass is 32.1. The van der Waals surface area contributed by atoms with Crippen LogP contribution in [0.5, 0.6) is 0 Å². The molecule has 0 saturated carbocycles. The summed E-state index contributed by atoms with van der Waals surface area (Å²) >= 11 is 1.34. The largest absolute Gasteiger partial charge is 0.350 e. The average Bonchev–Trinajstić information content (AvgIpc) is 3.10. The Kier molecular flexibility index (Phi) is 3.12. The van der Waals surface area contributed by atoms with Gasteiger partial charge in [0.05, 0.1) is 17.1 Å². The van der Waals surface area contributed by atoms with Crippen molar-refractivity contribution in [3.05, 3.63) is 52.2 Å². The first kappa shape index (κ1) is 13.9. The van der Waals surface area contributed by atoms with Crippen LogP contribution >= 0.6 is 11.3 Å². The second-order valence-corrected chi connectivity index (χ2v) is 6.30. The number of para-hydroxylation sites is 2. The van der Waals surface area contributed by atoms with Crippen LogP contribution in [0.2, 0.25) is 0 Å². The molecule has 3 heterocycles. The number of aromatic nitrogens is 5. The molecule has 0 bridgehead atoms. The maximum absolute atomic E-state index is 11.9. The Hall–Kier alpha value is -2.74. The van der Waals surface area contributed by atoms with Crippen LogP contribution in [0.25, 0.3) is 16.0 Å². The van der Waals surface area contributed by atoms with Crippen molar-refractivity contribution in [3.8, 4) is 0 Å². The molecule has 4 aromatic rings. The molecule has 0 spiro atoms. The van der Waals surface area contributed by atoms with Crippen LogP contribution in [0.3, 0.4) is 0 Å². The Morgan fingerprint density at radius 2 is 2.13 bits per heavy atom. The molecule has 0 fully saturated rings. The summed E-state index contributed by atoms with van der Waals surface area (Å²) < 4.78 is 1.31. The van der Waals surface area contributed by atoms with Crippen molar-refractivity contribution < 1.29 is 0 Å². The zero-order valence-corrected chi connectivity index (χ0v) is 13.4. The topological polar surface area (TPSA) is 88.0 Å². The molecule has 0 aliphatic heterocycles. The van der Waals surface area contributed by atoms with Gasteiger partial charge in [0.1, 0.15) is 5.82 Å². The second kappa shape index (κ2) is 5.17. The van der Waals surface area contributed by atoms with Crippen LogP contribution in [-0.4, -0.2) is 24.6 Å². The summed E-state index contributed by atoms with van der Waals surface area (Å²) in [5, 5.41) is 8.18. The fraction of sp³-hybridized carbons (Fsp3) is 0.200. The summed E-state index contributed by atoms with van der Waals surface area (Å²) in [6, 6.07) is 9.28. The van der Waals surface area contributed by atoms with E-state index in [1.165, 1.54) is 21.9 Å². The SMILES string of the molecule is Cc1cc(=O)n2nc(N[C@H](C)c3nc4ccccc4[nH]3)sc2n1. The van der Waals surface area contributed by atoms with E-state index >= 15 is 0 Å². The van der Waals surface area contributed by atoms with Gasteiger partial charge < -0.3 is 10.3 Å². The number of fused-ring (bicyclic) bond motifs is 2. The van der Waals surface area contributed by atoms with Gasteiger partial charge in [0.15, 0.2) is 0 Å². The number of nitrogens with zero attached hydrogens (tertiary/aromatic N) is 4. The third-order valence-electron chi connectivity index (χ3n) is 3.53. The Balaban J connectivity index is 1.66. The number of rotatable bonds is 3. The first-order valence-electron chi connectivity index (χ1n) is 7.19. The zero-order chi connectivity index (χ0) is 16.0. The Morgan fingerprint density at radius 1 is 1.30 bits per heavy atom. The molecule has 7 nitrogen and oxygen atoms in total. The van der Waals surface area contributed by atoms with Crippen molar-refractivity contribution in [1.29, 1.82) is 0 Å². The monoisotopic (exact) mass is 326 g/mol. The van der Waals surface area contributed by atoms with E-state index in [9.17, 15) is 4.79 Å². The first-order chi connectivity index (χ1) is 11.1. The molecule has 0 aliphatic carbocycles. The zero-order valence-electron chi connectivity index (χ0n) is 12.6. The number of H-pyrrole nitrogens is 1. The summed E-state index contributed by atoms with van der Waals surface area (Å²) in [6.07, 6.45) is 0. The van der Waals surface area contributed by atoms with Crippen LogP contribution < -0.4 is 10.9 Å². The van der Waals surface area contributed by atoms with Crippen LogP contribution in [0.4, 0.5) is 5.13 Å². The van der Waals surface area contributed by atoms with Gasteiger partial charge in [0, 0.05) is 11.8 Å². The van der Waals surface area contributed by atoms with Gasteiger partial charge >= 0.3 is 0 Å². The van der Waals surface area contributed by atoms with Gasteiger partial charge in [-0.3, -0.25) is 4.79 Å². The fourth-order valence-corrected chi connectivity index (χ4v) is 3.35. The van der Waals surface area contributed by atoms with Crippen molar-refractivity contribution >= 4 is 32.5 Å². The number of aryl methyl sites for hydroxylation is 1. The third-order valence-corrected chi connectivity index (χ3v) is 4.37. The first-order valence-corrected chi connectivity index (χ1v) is 8.00. The Labute approximate surface area is 135 Å². The van der Waals surface area contributed by atoms with Crippen molar-refractivity contribution in [2.24, 2.45) is 0 Å². The second-order valence-electron chi connectivity index (χ2n) is 5.34. The van der Waals surface area contributed by atoms with Crippen LogP contribution in [0, 0.1) is 6.92 Å². The van der Waals surface area contributed by atoms with Gasteiger partial charge in [-0.15, -0.1) is 5.10 Å². The normalized spacial score (nSPS) is 12.8. The number of anilines is 1. The predicted octanol–water partition coefficient (Wildman–Crippen LogP) is 2.51. The third kappa shape index (κ3) is 2.46. The van der Waals surface area contributed by atoms with Gasteiger partial charge in [-0.2, -0.15) is 4.52 Å². The lowest BCUT2D eigenvalue weighted by Gasteiger charge is -2.08. The molecule has 1 atom stereocenters. The molecule has 0 radical (unpaired) electrons. The number of imidazole rings is 1. The minimum Gasteiger partial charge on any atom is -0.350 e.